The van der Waals surface area contributed by atoms with E-state index in [1.54, 1.807) is 16.8 Å². The number of aromatic nitrogens is 2. The van der Waals surface area contributed by atoms with E-state index >= 15 is 0 Å². The number of fused-ring (bicyclic) bond motifs is 4. The maximum absolute atomic E-state index is 13.4. The van der Waals surface area contributed by atoms with Crippen LogP contribution in [0.4, 0.5) is 17.2 Å². The fourth-order valence-electron chi connectivity index (χ4n) is 4.49. The summed E-state index contributed by atoms with van der Waals surface area (Å²) in [4.78, 5) is 30.2. The van der Waals surface area contributed by atoms with Crippen LogP contribution < -0.4 is 21.9 Å². The normalized spacial score (nSPS) is 19.3. The predicted molar refractivity (Wildman–Crippen MR) is 99.0 cm³/mol. The topological polar surface area (TPSA) is 102 Å². The fourth-order valence-corrected chi connectivity index (χ4v) is 4.82. The molecule has 0 saturated heterocycles. The van der Waals surface area contributed by atoms with Crippen molar-refractivity contribution in [3.05, 3.63) is 44.5 Å². The lowest BCUT2D eigenvalue weighted by atomic mass is 9.89. The first-order valence-electron chi connectivity index (χ1n) is 8.82. The molecule has 4 N–H and O–H groups in total. The molecule has 0 unspecified atom stereocenters. The van der Waals surface area contributed by atoms with Crippen LogP contribution in [-0.2, 0) is 12.1 Å². The summed E-state index contributed by atoms with van der Waals surface area (Å²) < 4.78 is 1.60. The fraction of sp³-hybridized carbons (Fsp3) is 0.389. The third-order valence-electron chi connectivity index (χ3n) is 5.72. The van der Waals surface area contributed by atoms with Gasteiger partial charge in [0.1, 0.15) is 22.9 Å². The number of nitrogens with two attached hydrogens (primary N) is 1. The molecule has 2 aliphatic heterocycles. The highest BCUT2D eigenvalue weighted by Crippen LogP contribution is 2.42. The number of pyridine rings is 2. The molecular weight excluding hydrogens is 354 g/mol. The van der Waals surface area contributed by atoms with Crippen LogP contribution in [0.15, 0.2) is 17.1 Å². The minimum Gasteiger partial charge on any atom is -0.384 e. The van der Waals surface area contributed by atoms with Crippen LogP contribution in [0, 0.1) is 0 Å². The van der Waals surface area contributed by atoms with E-state index in [1.165, 1.54) is 0 Å². The van der Waals surface area contributed by atoms with Gasteiger partial charge in [0.25, 0.3) is 11.5 Å². The van der Waals surface area contributed by atoms with Crippen LogP contribution in [0.2, 0.25) is 5.02 Å². The Hall–Kier alpha value is -2.54. The molecule has 26 heavy (non-hydrogen) atoms. The van der Waals surface area contributed by atoms with Crippen molar-refractivity contribution in [2.45, 2.75) is 44.2 Å². The minimum atomic E-state index is -0.653. The van der Waals surface area contributed by atoms with Gasteiger partial charge in [-0.3, -0.25) is 14.2 Å². The molecule has 134 valence electrons. The standard InChI is InChI=1S/C18H18ClN5O2/c19-13-10-6-9-8-21-12(20)7-11(9)22-14(10)17(26)24-15(13)16(25)23-18(24)4-2-1-3-5-18/h7-8,22H,1-6H2,(H2,20,21)(H,23,25). The van der Waals surface area contributed by atoms with Gasteiger partial charge in [-0.15, -0.1) is 0 Å². The van der Waals surface area contributed by atoms with E-state index in [2.05, 4.69) is 15.6 Å². The minimum absolute atomic E-state index is 0.208. The second kappa shape index (κ2) is 5.23. The van der Waals surface area contributed by atoms with Crippen LogP contribution in [0.1, 0.15) is 53.7 Å². The number of nitrogens with one attached hydrogen (secondary N) is 2. The number of hydrogen-bond acceptors (Lipinski definition) is 5. The van der Waals surface area contributed by atoms with Gasteiger partial charge in [-0.1, -0.05) is 18.0 Å². The van der Waals surface area contributed by atoms with Crippen molar-refractivity contribution in [1.29, 1.82) is 0 Å². The Balaban J connectivity index is 1.75. The van der Waals surface area contributed by atoms with E-state index in [0.717, 1.165) is 43.4 Å². The molecule has 1 spiro atoms. The zero-order valence-corrected chi connectivity index (χ0v) is 14.8. The lowest BCUT2D eigenvalue weighted by molar-refractivity contribution is 0.0877. The van der Waals surface area contributed by atoms with E-state index in [0.29, 0.717) is 28.5 Å². The second-order valence-corrected chi connectivity index (χ2v) is 7.65. The first-order chi connectivity index (χ1) is 12.5. The Bertz CT molecular complexity index is 1020. The Morgan fingerprint density at radius 3 is 2.77 bits per heavy atom. The van der Waals surface area contributed by atoms with Gasteiger partial charge < -0.3 is 16.4 Å². The average Bonchev–Trinajstić information content (AvgIpc) is 2.91. The summed E-state index contributed by atoms with van der Waals surface area (Å²) >= 11 is 6.63. The van der Waals surface area contributed by atoms with Crippen molar-refractivity contribution in [1.82, 2.24) is 14.9 Å². The number of carbonyl (C=O) groups is 1. The van der Waals surface area contributed by atoms with Crippen molar-refractivity contribution >= 4 is 34.7 Å². The Kier molecular flexibility index (Phi) is 3.16. The summed E-state index contributed by atoms with van der Waals surface area (Å²) in [5, 5.41) is 6.57. The van der Waals surface area contributed by atoms with E-state index in [9.17, 15) is 9.59 Å². The summed E-state index contributed by atoms with van der Waals surface area (Å²) in [6, 6.07) is 1.71. The predicted octanol–water partition coefficient (Wildman–Crippen LogP) is 2.49. The van der Waals surface area contributed by atoms with Gasteiger partial charge in [-0.05, 0) is 31.2 Å². The zero-order chi connectivity index (χ0) is 18.1. The lowest BCUT2D eigenvalue weighted by Crippen LogP contribution is -2.49. The van der Waals surface area contributed by atoms with Crippen molar-refractivity contribution in [3.8, 4) is 0 Å². The van der Waals surface area contributed by atoms with Crippen LogP contribution >= 0.6 is 11.6 Å². The lowest BCUT2D eigenvalue weighted by Gasteiger charge is -2.36. The SMILES string of the molecule is Nc1cc2c(cn1)Cc1c(Cl)c3n(c(=O)c1N2)C1(CCCCC1)NC3=O. The number of amides is 1. The quantitative estimate of drug-likeness (QED) is 0.563. The molecule has 0 bridgehead atoms. The van der Waals surface area contributed by atoms with Crippen molar-refractivity contribution in [3.63, 3.8) is 0 Å². The van der Waals surface area contributed by atoms with Gasteiger partial charge >= 0.3 is 0 Å². The number of hydrogen-bond donors (Lipinski definition) is 3. The first-order valence-corrected chi connectivity index (χ1v) is 9.20. The molecule has 1 aliphatic carbocycles. The molecule has 1 amide bonds. The summed E-state index contributed by atoms with van der Waals surface area (Å²) in [6.07, 6.45) is 6.65. The second-order valence-electron chi connectivity index (χ2n) is 7.27. The van der Waals surface area contributed by atoms with Gasteiger partial charge in [0.05, 0.1) is 5.02 Å². The maximum atomic E-state index is 13.4. The molecule has 0 radical (unpaired) electrons. The highest BCUT2D eigenvalue weighted by Gasteiger charge is 2.46. The molecule has 0 atom stereocenters. The monoisotopic (exact) mass is 371 g/mol. The van der Waals surface area contributed by atoms with Crippen molar-refractivity contribution in [2.24, 2.45) is 0 Å². The van der Waals surface area contributed by atoms with E-state index in [4.69, 9.17) is 17.3 Å². The zero-order valence-electron chi connectivity index (χ0n) is 14.1. The molecule has 3 aliphatic rings. The van der Waals surface area contributed by atoms with Gasteiger partial charge in [-0.2, -0.15) is 0 Å². The van der Waals surface area contributed by atoms with Gasteiger partial charge in [-0.25, -0.2) is 4.98 Å². The number of carbonyl (C=O) groups excluding carboxylic acids is 1. The number of nitrogen functional groups attached to an aromatic ring is 1. The largest absolute Gasteiger partial charge is 0.384 e. The summed E-state index contributed by atoms with van der Waals surface area (Å²) in [6.45, 7) is 0. The maximum Gasteiger partial charge on any atom is 0.277 e. The molecule has 4 heterocycles. The average molecular weight is 372 g/mol. The van der Waals surface area contributed by atoms with Crippen LogP contribution in [0.3, 0.4) is 0 Å². The molecule has 2 aromatic rings. The first kappa shape index (κ1) is 15.7. The van der Waals surface area contributed by atoms with E-state index in [-0.39, 0.29) is 17.2 Å². The van der Waals surface area contributed by atoms with E-state index in [1.807, 2.05) is 0 Å². The van der Waals surface area contributed by atoms with Crippen LogP contribution in [0.5, 0.6) is 0 Å². The van der Waals surface area contributed by atoms with E-state index < -0.39 is 5.66 Å². The molecule has 0 aromatic carbocycles. The van der Waals surface area contributed by atoms with Crippen LogP contribution in [0.25, 0.3) is 0 Å². The Morgan fingerprint density at radius 2 is 2.00 bits per heavy atom. The number of anilines is 3. The highest BCUT2D eigenvalue weighted by molar-refractivity contribution is 6.35. The Morgan fingerprint density at radius 1 is 1.23 bits per heavy atom. The molecule has 5 rings (SSSR count). The molecule has 7 nitrogen and oxygen atoms in total. The summed E-state index contributed by atoms with van der Waals surface area (Å²) in [7, 11) is 0. The van der Waals surface area contributed by atoms with Crippen molar-refractivity contribution in [2.75, 3.05) is 11.1 Å². The van der Waals surface area contributed by atoms with Gasteiger partial charge in [0.2, 0.25) is 0 Å². The van der Waals surface area contributed by atoms with Gasteiger partial charge in [0.15, 0.2) is 0 Å². The third-order valence-corrected chi connectivity index (χ3v) is 6.13. The highest BCUT2D eigenvalue weighted by atomic mass is 35.5. The molecule has 1 saturated carbocycles. The molecule has 2 aromatic heterocycles. The smallest absolute Gasteiger partial charge is 0.277 e. The van der Waals surface area contributed by atoms with Crippen LogP contribution in [-0.4, -0.2) is 15.5 Å². The molecular formula is C18H18ClN5O2. The Labute approximate surface area is 154 Å². The molecule has 8 heteroatoms. The molecule has 1 fully saturated rings. The number of halogens is 1. The third kappa shape index (κ3) is 1.97. The van der Waals surface area contributed by atoms with Gasteiger partial charge in [0, 0.05) is 29.9 Å². The van der Waals surface area contributed by atoms with Crippen molar-refractivity contribution < 1.29 is 4.79 Å². The number of nitrogens with zero attached hydrogens (tertiary/aromatic N) is 2. The summed E-state index contributed by atoms with van der Waals surface area (Å²) in [5.74, 6) is 0.116. The number of rotatable bonds is 0. The summed E-state index contributed by atoms with van der Waals surface area (Å²) in [5.41, 5.74) is 7.92.